The highest BCUT2D eigenvalue weighted by Crippen LogP contribution is 2.27. The van der Waals surface area contributed by atoms with Gasteiger partial charge in [0.05, 0.1) is 16.7 Å². The van der Waals surface area contributed by atoms with Gasteiger partial charge in [0.2, 0.25) is 0 Å². The number of aromatic nitrogens is 3. The number of carbonyl (C=O) groups is 1. The largest absolute Gasteiger partial charge is 0.349 e. The average Bonchev–Trinajstić information content (AvgIpc) is 3.22. The van der Waals surface area contributed by atoms with Crippen molar-refractivity contribution in [2.75, 3.05) is 6.54 Å². The van der Waals surface area contributed by atoms with Gasteiger partial charge in [-0.05, 0) is 26.0 Å². The van der Waals surface area contributed by atoms with E-state index in [1.807, 2.05) is 62.4 Å². The first kappa shape index (κ1) is 17.4. The van der Waals surface area contributed by atoms with Gasteiger partial charge in [-0.1, -0.05) is 42.5 Å². The molecule has 4 aromatic rings. The zero-order valence-corrected chi connectivity index (χ0v) is 16.1. The molecule has 0 unspecified atom stereocenters. The minimum Gasteiger partial charge on any atom is -0.349 e. The van der Waals surface area contributed by atoms with Crippen molar-refractivity contribution in [1.29, 1.82) is 0 Å². The van der Waals surface area contributed by atoms with Crippen molar-refractivity contribution in [3.63, 3.8) is 0 Å². The zero-order chi connectivity index (χ0) is 18.8. The molecule has 0 aliphatic carbocycles. The van der Waals surface area contributed by atoms with Crippen LogP contribution in [0.4, 0.5) is 0 Å². The zero-order valence-electron chi connectivity index (χ0n) is 15.3. The molecule has 0 atom stereocenters. The molecule has 2 aromatic carbocycles. The van der Waals surface area contributed by atoms with E-state index in [-0.39, 0.29) is 5.91 Å². The fourth-order valence-electron chi connectivity index (χ4n) is 3.15. The molecule has 1 amide bonds. The fourth-order valence-corrected chi connectivity index (χ4v) is 4.14. The molecule has 0 fully saturated rings. The predicted octanol–water partition coefficient (Wildman–Crippen LogP) is 4.21. The molecule has 0 aliphatic heterocycles. The van der Waals surface area contributed by atoms with E-state index in [4.69, 9.17) is 0 Å². The molecule has 2 heterocycles. The molecule has 136 valence electrons. The number of amides is 1. The van der Waals surface area contributed by atoms with Gasteiger partial charge < -0.3 is 9.88 Å². The lowest BCUT2D eigenvalue weighted by Crippen LogP contribution is -2.27. The first-order valence-corrected chi connectivity index (χ1v) is 9.68. The van der Waals surface area contributed by atoms with Gasteiger partial charge in [0.15, 0.2) is 0 Å². The van der Waals surface area contributed by atoms with Crippen LogP contribution in [0.5, 0.6) is 0 Å². The van der Waals surface area contributed by atoms with Crippen molar-refractivity contribution in [2.24, 2.45) is 0 Å². The Bertz CT molecular complexity index is 1100. The summed E-state index contributed by atoms with van der Waals surface area (Å²) in [6.45, 7) is 5.09. The first-order valence-electron chi connectivity index (χ1n) is 8.86. The standard InChI is InChI=1S/C21H20N4OS/c1-14-19(27-21(23-14)16-8-4-3-5-9-16)20(26)22-12-13-25-15(2)24-17-10-6-7-11-18(17)25/h3-11H,12-13H2,1-2H3,(H,22,26). The van der Waals surface area contributed by atoms with Gasteiger partial charge in [0, 0.05) is 18.7 Å². The Morgan fingerprint density at radius 1 is 1.04 bits per heavy atom. The van der Waals surface area contributed by atoms with Crippen LogP contribution in [0, 0.1) is 13.8 Å². The topological polar surface area (TPSA) is 59.8 Å². The van der Waals surface area contributed by atoms with Gasteiger partial charge in [-0.2, -0.15) is 0 Å². The van der Waals surface area contributed by atoms with E-state index in [1.165, 1.54) is 11.3 Å². The Morgan fingerprint density at radius 2 is 1.78 bits per heavy atom. The van der Waals surface area contributed by atoms with E-state index in [9.17, 15) is 4.79 Å². The van der Waals surface area contributed by atoms with Crippen LogP contribution in [0.1, 0.15) is 21.2 Å². The number of thiazole rings is 1. The predicted molar refractivity (Wildman–Crippen MR) is 109 cm³/mol. The van der Waals surface area contributed by atoms with E-state index in [0.717, 1.165) is 33.1 Å². The SMILES string of the molecule is Cc1nc(-c2ccccc2)sc1C(=O)NCCn1c(C)nc2ccccc21. The van der Waals surface area contributed by atoms with Gasteiger partial charge in [0.1, 0.15) is 15.7 Å². The lowest BCUT2D eigenvalue weighted by molar-refractivity contribution is 0.0955. The van der Waals surface area contributed by atoms with Gasteiger partial charge in [0.25, 0.3) is 5.91 Å². The number of imidazole rings is 1. The molecule has 6 heteroatoms. The van der Waals surface area contributed by atoms with Crippen molar-refractivity contribution >= 4 is 28.3 Å². The van der Waals surface area contributed by atoms with E-state index in [2.05, 4.69) is 25.9 Å². The summed E-state index contributed by atoms with van der Waals surface area (Å²) in [5, 5.41) is 3.89. The molecule has 0 bridgehead atoms. The van der Waals surface area contributed by atoms with Crippen LogP contribution in [0.25, 0.3) is 21.6 Å². The molecule has 2 aromatic heterocycles. The van der Waals surface area contributed by atoms with E-state index in [0.29, 0.717) is 18.0 Å². The third kappa shape index (κ3) is 3.48. The molecule has 0 radical (unpaired) electrons. The average molecular weight is 376 g/mol. The van der Waals surface area contributed by atoms with Crippen molar-refractivity contribution in [3.8, 4) is 10.6 Å². The number of hydrogen-bond donors (Lipinski definition) is 1. The number of para-hydroxylation sites is 2. The summed E-state index contributed by atoms with van der Waals surface area (Å²) in [5.74, 6) is 0.875. The Balaban J connectivity index is 1.45. The quantitative estimate of drug-likeness (QED) is 0.568. The van der Waals surface area contributed by atoms with E-state index < -0.39 is 0 Å². The molecular weight excluding hydrogens is 356 g/mol. The monoisotopic (exact) mass is 376 g/mol. The normalized spacial score (nSPS) is 11.0. The van der Waals surface area contributed by atoms with E-state index in [1.54, 1.807) is 0 Å². The maximum Gasteiger partial charge on any atom is 0.263 e. The Morgan fingerprint density at radius 3 is 2.59 bits per heavy atom. The van der Waals surface area contributed by atoms with Crippen LogP contribution in [0.15, 0.2) is 54.6 Å². The molecule has 0 aliphatic rings. The number of rotatable bonds is 5. The minimum atomic E-state index is -0.0748. The molecule has 0 spiro atoms. The van der Waals surface area contributed by atoms with Crippen LogP contribution in [0.2, 0.25) is 0 Å². The summed E-state index contributed by atoms with van der Waals surface area (Å²) in [5.41, 5.74) is 3.86. The maximum atomic E-state index is 12.6. The molecule has 0 saturated heterocycles. The summed E-state index contributed by atoms with van der Waals surface area (Å²) in [7, 11) is 0. The van der Waals surface area contributed by atoms with Crippen LogP contribution in [0.3, 0.4) is 0 Å². The summed E-state index contributed by atoms with van der Waals surface area (Å²) < 4.78 is 2.13. The second kappa shape index (κ2) is 7.32. The highest BCUT2D eigenvalue weighted by molar-refractivity contribution is 7.17. The van der Waals surface area contributed by atoms with Crippen LogP contribution in [-0.4, -0.2) is 27.0 Å². The Hall–Kier alpha value is -2.99. The lowest BCUT2D eigenvalue weighted by atomic mass is 10.2. The van der Waals surface area contributed by atoms with Crippen molar-refractivity contribution in [1.82, 2.24) is 19.9 Å². The van der Waals surface area contributed by atoms with E-state index >= 15 is 0 Å². The summed E-state index contributed by atoms with van der Waals surface area (Å²) in [4.78, 5) is 22.4. The number of aryl methyl sites for hydroxylation is 2. The third-order valence-electron chi connectivity index (χ3n) is 4.49. The summed E-state index contributed by atoms with van der Waals surface area (Å²) in [6, 6.07) is 18.0. The smallest absolute Gasteiger partial charge is 0.263 e. The van der Waals surface area contributed by atoms with Gasteiger partial charge in [-0.3, -0.25) is 4.79 Å². The Kier molecular flexibility index (Phi) is 4.73. The van der Waals surface area contributed by atoms with Crippen LogP contribution < -0.4 is 5.32 Å². The Labute approximate surface area is 161 Å². The molecule has 5 nitrogen and oxygen atoms in total. The number of nitrogens with one attached hydrogen (secondary N) is 1. The lowest BCUT2D eigenvalue weighted by Gasteiger charge is -2.08. The van der Waals surface area contributed by atoms with Gasteiger partial charge in [-0.15, -0.1) is 11.3 Å². The third-order valence-corrected chi connectivity index (χ3v) is 5.70. The second-order valence-corrected chi connectivity index (χ2v) is 7.35. The molecular formula is C21H20N4OS. The minimum absolute atomic E-state index is 0.0748. The number of nitrogens with zero attached hydrogens (tertiary/aromatic N) is 3. The highest BCUT2D eigenvalue weighted by atomic mass is 32.1. The summed E-state index contributed by atoms with van der Waals surface area (Å²) in [6.07, 6.45) is 0. The van der Waals surface area contributed by atoms with Crippen LogP contribution in [-0.2, 0) is 6.54 Å². The van der Waals surface area contributed by atoms with Crippen molar-refractivity contribution in [3.05, 3.63) is 71.0 Å². The van der Waals surface area contributed by atoms with Crippen molar-refractivity contribution < 1.29 is 4.79 Å². The maximum absolute atomic E-state index is 12.6. The summed E-state index contributed by atoms with van der Waals surface area (Å²) >= 11 is 1.43. The first-order chi connectivity index (χ1) is 13.1. The number of carbonyl (C=O) groups excluding carboxylic acids is 1. The fraction of sp³-hybridized carbons (Fsp3) is 0.190. The molecule has 4 rings (SSSR count). The highest BCUT2D eigenvalue weighted by Gasteiger charge is 2.16. The number of fused-ring (bicyclic) bond motifs is 1. The molecule has 27 heavy (non-hydrogen) atoms. The van der Waals surface area contributed by atoms with Gasteiger partial charge in [-0.25, -0.2) is 9.97 Å². The molecule has 1 N–H and O–H groups in total. The second-order valence-electron chi connectivity index (χ2n) is 6.35. The van der Waals surface area contributed by atoms with Crippen LogP contribution >= 0.6 is 11.3 Å². The number of hydrogen-bond acceptors (Lipinski definition) is 4. The molecule has 0 saturated carbocycles. The number of benzene rings is 2. The van der Waals surface area contributed by atoms with Crippen molar-refractivity contribution in [2.45, 2.75) is 20.4 Å². The van der Waals surface area contributed by atoms with Gasteiger partial charge >= 0.3 is 0 Å².